The summed E-state index contributed by atoms with van der Waals surface area (Å²) < 4.78 is 6.08. The number of rotatable bonds is 9. The Labute approximate surface area is 156 Å². The highest BCUT2D eigenvalue weighted by Gasteiger charge is 2.47. The number of fused-ring (bicyclic) bond motifs is 1. The molecule has 0 aromatic rings. The van der Waals surface area contributed by atoms with Gasteiger partial charge in [0.1, 0.15) is 0 Å². The van der Waals surface area contributed by atoms with Crippen LogP contribution >= 0.6 is 0 Å². The van der Waals surface area contributed by atoms with Crippen LogP contribution in [0.25, 0.3) is 0 Å². The molecular formula is C21H32O5. The van der Waals surface area contributed by atoms with E-state index in [-0.39, 0.29) is 36.4 Å². The number of hydrogen-bond acceptors (Lipinski definition) is 4. The SMILES string of the molecule is CC#CC[C@H](C)[C@H](O)/C=C/C1C(O)CC2OC(CCCCC(=O)O)CC21. The van der Waals surface area contributed by atoms with E-state index in [1.807, 2.05) is 13.0 Å². The quantitative estimate of drug-likeness (QED) is 0.333. The molecule has 1 saturated carbocycles. The van der Waals surface area contributed by atoms with E-state index in [2.05, 4.69) is 11.8 Å². The van der Waals surface area contributed by atoms with Gasteiger partial charge in [-0.1, -0.05) is 25.5 Å². The summed E-state index contributed by atoms with van der Waals surface area (Å²) in [5.41, 5.74) is 0. The summed E-state index contributed by atoms with van der Waals surface area (Å²) in [5.74, 6) is 5.45. The van der Waals surface area contributed by atoms with Crippen molar-refractivity contribution in [2.75, 3.05) is 0 Å². The van der Waals surface area contributed by atoms with Gasteiger partial charge < -0.3 is 20.1 Å². The summed E-state index contributed by atoms with van der Waals surface area (Å²) in [6, 6.07) is 0. The second-order valence-corrected chi connectivity index (χ2v) is 7.70. The van der Waals surface area contributed by atoms with Crippen molar-refractivity contribution in [2.45, 2.75) is 83.2 Å². The Hall–Kier alpha value is -1.35. The Balaban J connectivity index is 1.83. The zero-order chi connectivity index (χ0) is 19.1. The van der Waals surface area contributed by atoms with Crippen molar-refractivity contribution in [3.63, 3.8) is 0 Å². The third kappa shape index (κ3) is 5.84. The minimum Gasteiger partial charge on any atom is -0.481 e. The molecule has 0 amide bonds. The first-order valence-electron chi connectivity index (χ1n) is 9.73. The standard InChI is InChI=1S/C21H32O5/c1-3-4-7-14(2)18(22)11-10-16-17-12-15(8-5-6-9-21(24)25)26-20(17)13-19(16)23/h10-11,14-20,22-23H,5-9,12-13H2,1-2H3,(H,24,25)/b11-10+/t14-,15?,16?,17?,18+,19?,20?/m0/s1. The molecule has 5 nitrogen and oxygen atoms in total. The van der Waals surface area contributed by atoms with Crippen LogP contribution in [0.1, 0.15) is 58.8 Å². The minimum absolute atomic E-state index is 0.0168. The second-order valence-electron chi connectivity index (χ2n) is 7.70. The average molecular weight is 364 g/mol. The zero-order valence-electron chi connectivity index (χ0n) is 15.8. The maximum Gasteiger partial charge on any atom is 0.303 e. The number of hydrogen-bond donors (Lipinski definition) is 3. The van der Waals surface area contributed by atoms with E-state index in [9.17, 15) is 15.0 Å². The fourth-order valence-electron chi connectivity index (χ4n) is 4.10. The summed E-state index contributed by atoms with van der Waals surface area (Å²) in [6.45, 7) is 3.77. The van der Waals surface area contributed by atoms with Gasteiger partial charge in [-0.25, -0.2) is 0 Å². The summed E-state index contributed by atoms with van der Waals surface area (Å²) in [6.07, 6.45) is 7.83. The van der Waals surface area contributed by atoms with Crippen molar-refractivity contribution < 1.29 is 24.9 Å². The fourth-order valence-corrected chi connectivity index (χ4v) is 4.10. The molecule has 26 heavy (non-hydrogen) atoms. The topological polar surface area (TPSA) is 87.0 Å². The molecule has 0 spiro atoms. The van der Waals surface area contributed by atoms with Gasteiger partial charge in [0.05, 0.1) is 24.4 Å². The molecule has 1 aliphatic carbocycles. The lowest BCUT2D eigenvalue weighted by molar-refractivity contribution is -0.137. The highest BCUT2D eigenvalue weighted by molar-refractivity contribution is 5.66. The molecule has 1 heterocycles. The number of aliphatic carboxylic acids is 1. The molecule has 7 atom stereocenters. The predicted octanol–water partition coefficient (Wildman–Crippen LogP) is 2.75. The fraction of sp³-hybridized carbons (Fsp3) is 0.762. The molecule has 5 unspecified atom stereocenters. The molecule has 1 aliphatic heterocycles. The van der Waals surface area contributed by atoms with Crippen molar-refractivity contribution in [3.05, 3.63) is 12.2 Å². The molecule has 2 fully saturated rings. The van der Waals surface area contributed by atoms with Gasteiger partial charge in [0, 0.05) is 25.2 Å². The Morgan fingerprint density at radius 3 is 2.81 bits per heavy atom. The monoisotopic (exact) mass is 364 g/mol. The smallest absolute Gasteiger partial charge is 0.303 e. The summed E-state index contributed by atoms with van der Waals surface area (Å²) in [7, 11) is 0. The van der Waals surface area contributed by atoms with Gasteiger partial charge in [-0.05, 0) is 38.0 Å². The first-order valence-corrected chi connectivity index (χ1v) is 9.73. The van der Waals surface area contributed by atoms with Crippen LogP contribution in [0.5, 0.6) is 0 Å². The van der Waals surface area contributed by atoms with Crippen LogP contribution in [-0.4, -0.2) is 45.7 Å². The number of ether oxygens (including phenoxy) is 1. The molecule has 2 rings (SSSR count). The molecule has 0 radical (unpaired) electrons. The van der Waals surface area contributed by atoms with Gasteiger partial charge in [0.2, 0.25) is 0 Å². The predicted molar refractivity (Wildman–Crippen MR) is 99.4 cm³/mol. The largest absolute Gasteiger partial charge is 0.481 e. The van der Waals surface area contributed by atoms with Crippen LogP contribution in [0.3, 0.4) is 0 Å². The van der Waals surface area contributed by atoms with E-state index >= 15 is 0 Å². The number of aliphatic hydroxyl groups excluding tert-OH is 2. The normalized spacial score (nSPS) is 32.8. The lowest BCUT2D eigenvalue weighted by Gasteiger charge is -2.19. The lowest BCUT2D eigenvalue weighted by atomic mass is 9.88. The molecule has 0 aromatic carbocycles. The highest BCUT2D eigenvalue weighted by atomic mass is 16.5. The van der Waals surface area contributed by atoms with Gasteiger partial charge >= 0.3 is 5.97 Å². The van der Waals surface area contributed by atoms with E-state index in [4.69, 9.17) is 9.84 Å². The van der Waals surface area contributed by atoms with Crippen molar-refractivity contribution in [1.82, 2.24) is 0 Å². The number of unbranched alkanes of at least 4 members (excludes halogenated alkanes) is 1. The zero-order valence-corrected chi connectivity index (χ0v) is 15.8. The first kappa shape index (κ1) is 21.0. The Kier molecular flexibility index (Phi) is 8.15. The van der Waals surface area contributed by atoms with Crippen LogP contribution in [0.4, 0.5) is 0 Å². The maximum absolute atomic E-state index is 10.6. The van der Waals surface area contributed by atoms with Crippen molar-refractivity contribution in [2.24, 2.45) is 17.8 Å². The number of carbonyl (C=O) groups is 1. The molecule has 5 heteroatoms. The van der Waals surface area contributed by atoms with Crippen LogP contribution < -0.4 is 0 Å². The van der Waals surface area contributed by atoms with Crippen molar-refractivity contribution >= 4 is 5.97 Å². The minimum atomic E-state index is -0.750. The van der Waals surface area contributed by atoms with Gasteiger partial charge in [0.25, 0.3) is 0 Å². The molecule has 0 aromatic heterocycles. The van der Waals surface area contributed by atoms with Crippen LogP contribution in [0, 0.1) is 29.6 Å². The van der Waals surface area contributed by atoms with E-state index in [1.165, 1.54) is 0 Å². The molecule has 3 N–H and O–H groups in total. The molecule has 2 aliphatic rings. The van der Waals surface area contributed by atoms with E-state index in [1.54, 1.807) is 13.0 Å². The van der Waals surface area contributed by atoms with Gasteiger partial charge in [-0.15, -0.1) is 11.8 Å². The third-order valence-electron chi connectivity index (χ3n) is 5.67. The second kappa shape index (κ2) is 10.1. The summed E-state index contributed by atoms with van der Waals surface area (Å²) in [5, 5.41) is 29.3. The van der Waals surface area contributed by atoms with Crippen molar-refractivity contribution in [3.8, 4) is 11.8 Å². The molecular weight excluding hydrogens is 332 g/mol. The molecule has 146 valence electrons. The van der Waals surface area contributed by atoms with Crippen LogP contribution in [0.15, 0.2) is 12.2 Å². The van der Waals surface area contributed by atoms with E-state index in [0.29, 0.717) is 19.3 Å². The average Bonchev–Trinajstić information content (AvgIpc) is 3.10. The maximum atomic E-state index is 10.6. The number of carboxylic acids is 1. The number of carboxylic acid groups (broad SMARTS) is 1. The van der Waals surface area contributed by atoms with E-state index in [0.717, 1.165) is 19.3 Å². The molecule has 0 bridgehead atoms. The molecule has 1 saturated heterocycles. The summed E-state index contributed by atoms with van der Waals surface area (Å²) in [4.78, 5) is 10.6. The van der Waals surface area contributed by atoms with Crippen LogP contribution in [-0.2, 0) is 9.53 Å². The highest BCUT2D eigenvalue weighted by Crippen LogP contribution is 2.45. The van der Waals surface area contributed by atoms with Gasteiger partial charge in [-0.3, -0.25) is 4.79 Å². The summed E-state index contributed by atoms with van der Waals surface area (Å²) >= 11 is 0. The van der Waals surface area contributed by atoms with E-state index < -0.39 is 18.2 Å². The number of aliphatic hydroxyl groups is 2. The Bertz CT molecular complexity index is 546. The Morgan fingerprint density at radius 1 is 1.35 bits per heavy atom. The first-order chi connectivity index (χ1) is 12.4. The lowest BCUT2D eigenvalue weighted by Crippen LogP contribution is -2.20. The van der Waals surface area contributed by atoms with Crippen molar-refractivity contribution in [1.29, 1.82) is 0 Å². The Morgan fingerprint density at radius 2 is 2.12 bits per heavy atom. The van der Waals surface area contributed by atoms with Crippen LogP contribution in [0.2, 0.25) is 0 Å². The van der Waals surface area contributed by atoms with Gasteiger partial charge in [-0.2, -0.15) is 0 Å². The van der Waals surface area contributed by atoms with Gasteiger partial charge in [0.15, 0.2) is 0 Å². The third-order valence-corrected chi connectivity index (χ3v) is 5.67.